The van der Waals surface area contributed by atoms with Gasteiger partial charge in [0.2, 0.25) is 10.0 Å². The Hall–Kier alpha value is -2.46. The summed E-state index contributed by atoms with van der Waals surface area (Å²) in [4.78, 5) is 23.7. The van der Waals surface area contributed by atoms with Crippen molar-refractivity contribution in [2.45, 2.75) is 27.2 Å². The van der Waals surface area contributed by atoms with E-state index in [0.717, 1.165) is 12.3 Å². The number of amides is 1. The molecule has 2 aliphatic heterocycles. The van der Waals surface area contributed by atoms with Crippen molar-refractivity contribution in [1.82, 2.24) is 0 Å². The number of carbonyl (C=O) groups excluding carboxylic acids is 1. The molecule has 0 bridgehead atoms. The number of sulfonamides is 1. The van der Waals surface area contributed by atoms with E-state index in [0.29, 0.717) is 6.42 Å². The molecule has 0 aromatic heterocycles. The molecule has 1 aromatic rings. The summed E-state index contributed by atoms with van der Waals surface area (Å²) in [5.41, 5.74) is 0.225. The van der Waals surface area contributed by atoms with E-state index >= 15 is 0 Å². The van der Waals surface area contributed by atoms with Gasteiger partial charge >= 0.3 is 19.4 Å². The van der Waals surface area contributed by atoms with Crippen molar-refractivity contribution in [3.8, 4) is 0 Å². The molecule has 0 saturated heterocycles. The molecule has 1 amide bonds. The maximum Gasteiger partial charge on any atom is 0.354 e. The standard InChI is InChI=1S/C19H25N4O6PS/c1-19(2,3)8-10-23(9-7-14(24)12-17(23)25)18-20-15-6-5-13(22-31(4,28)29)11-16(15)30(26,27)21-18/h5-7,9,11-12,22H,8,10H2,1-4H3,(H2-,20,21,24,25,26,27)/p+1. The molecule has 1 aromatic carbocycles. The molecule has 2 atom stereocenters. The molecule has 2 heterocycles. The molecule has 168 valence electrons. The number of hydrogen-bond donors (Lipinski definition) is 4. The second-order valence-electron chi connectivity index (χ2n) is 8.83. The minimum absolute atomic E-state index is 0.0450. The van der Waals surface area contributed by atoms with Crippen molar-refractivity contribution in [2.24, 2.45) is 10.2 Å². The van der Waals surface area contributed by atoms with Crippen LogP contribution < -0.4 is 15.3 Å². The quantitative estimate of drug-likeness (QED) is 0.391. The van der Waals surface area contributed by atoms with Crippen LogP contribution in [0.25, 0.3) is 0 Å². The Balaban J connectivity index is 2.07. The topological polar surface area (TPSA) is 145 Å². The van der Waals surface area contributed by atoms with E-state index in [9.17, 15) is 27.8 Å². The third-order valence-corrected chi connectivity index (χ3v) is 6.91. The molecule has 12 heteroatoms. The van der Waals surface area contributed by atoms with Gasteiger partial charge in [0, 0.05) is 18.2 Å². The number of quaternary nitrogens is 1. The maximum atomic E-state index is 13.1. The molecular formula is C19H26N4O6PS+. The molecule has 2 unspecified atom stereocenters. The largest absolute Gasteiger partial charge is 0.507 e. The Labute approximate surface area is 181 Å². The van der Waals surface area contributed by atoms with Crippen molar-refractivity contribution in [1.29, 1.82) is 0 Å². The first kappa shape index (κ1) is 23.2. The first-order valence-electron chi connectivity index (χ1n) is 9.47. The van der Waals surface area contributed by atoms with Gasteiger partial charge in [-0.15, -0.1) is 4.76 Å². The summed E-state index contributed by atoms with van der Waals surface area (Å²) in [6.07, 6.45) is 5.41. The number of allylic oxidation sites excluding steroid dienone is 1. The summed E-state index contributed by atoms with van der Waals surface area (Å²) in [6, 6.07) is 4.13. The fourth-order valence-corrected chi connectivity index (χ4v) is 5.09. The highest BCUT2D eigenvalue weighted by atomic mass is 32.2. The van der Waals surface area contributed by atoms with E-state index < -0.39 is 27.9 Å². The van der Waals surface area contributed by atoms with Gasteiger partial charge in [0.15, 0.2) is 0 Å². The van der Waals surface area contributed by atoms with Gasteiger partial charge < -0.3 is 10.00 Å². The molecule has 0 spiro atoms. The lowest BCUT2D eigenvalue weighted by molar-refractivity contribution is -0.707. The van der Waals surface area contributed by atoms with E-state index in [1.165, 1.54) is 30.5 Å². The van der Waals surface area contributed by atoms with Crippen LogP contribution in [0.4, 0.5) is 11.4 Å². The molecule has 3 rings (SSSR count). The fourth-order valence-electron chi connectivity index (χ4n) is 3.21. The zero-order valence-electron chi connectivity index (χ0n) is 17.7. The molecule has 0 radical (unpaired) electrons. The van der Waals surface area contributed by atoms with Gasteiger partial charge in [-0.2, -0.15) is 4.48 Å². The zero-order valence-corrected chi connectivity index (χ0v) is 19.4. The first-order valence-corrected chi connectivity index (χ1v) is 13.0. The number of aliphatic hydroxyl groups excluding tert-OH is 1. The van der Waals surface area contributed by atoms with Gasteiger partial charge in [-0.3, -0.25) is 14.6 Å². The highest BCUT2D eigenvalue weighted by molar-refractivity contribution is 7.92. The Morgan fingerprint density at radius 3 is 2.55 bits per heavy atom. The summed E-state index contributed by atoms with van der Waals surface area (Å²) in [6.45, 7) is 6.27. The third kappa shape index (κ3) is 5.07. The number of carbonyl (C=O) groups is 1. The number of fused-ring (bicyclic) bond motifs is 1. The zero-order chi connectivity index (χ0) is 23.2. The maximum absolute atomic E-state index is 13.1. The van der Waals surface area contributed by atoms with Crippen LogP contribution in [0, 0.1) is 5.41 Å². The average Bonchev–Trinajstić information content (AvgIpc) is 2.59. The van der Waals surface area contributed by atoms with Gasteiger partial charge in [0.05, 0.1) is 29.9 Å². The van der Waals surface area contributed by atoms with Crippen LogP contribution >= 0.6 is 7.52 Å². The van der Waals surface area contributed by atoms with Crippen molar-refractivity contribution in [2.75, 3.05) is 22.8 Å². The van der Waals surface area contributed by atoms with Gasteiger partial charge in [0.1, 0.15) is 12.0 Å². The van der Waals surface area contributed by atoms with E-state index in [1.807, 2.05) is 20.8 Å². The second-order valence-corrected chi connectivity index (χ2v) is 12.3. The van der Waals surface area contributed by atoms with Gasteiger partial charge in [0.25, 0.3) is 0 Å². The lowest BCUT2D eigenvalue weighted by Gasteiger charge is -2.36. The molecule has 31 heavy (non-hydrogen) atoms. The van der Waals surface area contributed by atoms with Crippen LogP contribution in [-0.2, 0) is 19.4 Å². The third-order valence-electron chi connectivity index (χ3n) is 4.85. The summed E-state index contributed by atoms with van der Waals surface area (Å²) < 4.78 is 41.8. The normalized spacial score (nSPS) is 25.9. The fraction of sp³-hybridized carbons (Fsp3) is 0.368. The summed E-state index contributed by atoms with van der Waals surface area (Å²) in [5.74, 6) is -0.763. The van der Waals surface area contributed by atoms with Crippen molar-refractivity contribution < 1.29 is 32.3 Å². The lowest BCUT2D eigenvalue weighted by Crippen LogP contribution is -2.58. The van der Waals surface area contributed by atoms with Crippen LogP contribution in [0.2, 0.25) is 0 Å². The number of hydrogen-bond acceptors (Lipinski definition) is 6. The minimum atomic E-state index is -4.33. The predicted octanol–water partition coefficient (Wildman–Crippen LogP) is 2.40. The van der Waals surface area contributed by atoms with E-state index in [2.05, 4.69) is 14.8 Å². The highest BCUT2D eigenvalue weighted by Gasteiger charge is 2.47. The van der Waals surface area contributed by atoms with Crippen LogP contribution in [0.5, 0.6) is 0 Å². The van der Waals surface area contributed by atoms with Gasteiger partial charge in [-0.05, 0) is 23.6 Å². The van der Waals surface area contributed by atoms with E-state index in [4.69, 9.17) is 0 Å². The number of rotatable bonds is 4. The van der Waals surface area contributed by atoms with Gasteiger partial charge in [-0.25, -0.2) is 13.2 Å². The molecule has 0 saturated carbocycles. The van der Waals surface area contributed by atoms with Crippen LogP contribution in [0.3, 0.4) is 0 Å². The average molecular weight is 469 g/mol. The minimum Gasteiger partial charge on any atom is -0.507 e. The van der Waals surface area contributed by atoms with Gasteiger partial charge in [-0.1, -0.05) is 20.8 Å². The van der Waals surface area contributed by atoms with Crippen molar-refractivity contribution in [3.05, 3.63) is 42.3 Å². The van der Waals surface area contributed by atoms with Crippen molar-refractivity contribution >= 4 is 46.1 Å². The number of guanidine groups is 1. The highest BCUT2D eigenvalue weighted by Crippen LogP contribution is 2.48. The Kier molecular flexibility index (Phi) is 5.69. The molecule has 10 nitrogen and oxygen atoms in total. The smallest absolute Gasteiger partial charge is 0.354 e. The van der Waals surface area contributed by atoms with Crippen LogP contribution in [0.15, 0.2) is 47.1 Å². The van der Waals surface area contributed by atoms with Crippen LogP contribution in [0.1, 0.15) is 27.2 Å². The Bertz CT molecular complexity index is 1180. The van der Waals surface area contributed by atoms with Crippen molar-refractivity contribution in [3.63, 3.8) is 0 Å². The molecule has 0 fully saturated rings. The molecule has 0 aliphatic carbocycles. The van der Waals surface area contributed by atoms with E-state index in [1.54, 1.807) is 0 Å². The molecule has 2 aliphatic rings. The lowest BCUT2D eigenvalue weighted by atomic mass is 9.91. The predicted molar refractivity (Wildman–Crippen MR) is 119 cm³/mol. The number of aliphatic hydroxyl groups is 1. The number of benzene rings is 1. The van der Waals surface area contributed by atoms with E-state index in [-0.39, 0.29) is 40.4 Å². The molecule has 4 N–H and O–H groups in total. The summed E-state index contributed by atoms with van der Waals surface area (Å²) in [5, 5.41) is 12.6. The number of nitrogens with one attached hydrogen (secondary N) is 2. The summed E-state index contributed by atoms with van der Waals surface area (Å²) >= 11 is 0. The summed E-state index contributed by atoms with van der Waals surface area (Å²) in [7, 11) is -7.91. The first-order chi connectivity index (χ1) is 14.1. The SMILES string of the molecule is CC(C)(C)CC[N+]1(C2=NP(=O)(O)c3cc(NS(C)(=O)=O)ccc3N2)C=CC(O)=CC1=O. The number of nitrogens with zero attached hydrogens (tertiary/aromatic N) is 2. The number of anilines is 2. The van der Waals surface area contributed by atoms with Crippen LogP contribution in [-0.4, -0.2) is 47.6 Å². The Morgan fingerprint density at radius 2 is 1.97 bits per heavy atom. The molecular weight excluding hydrogens is 443 g/mol. The monoisotopic (exact) mass is 469 g/mol. The second kappa shape index (κ2) is 7.59. The Morgan fingerprint density at radius 1 is 1.29 bits per heavy atom.